The first-order valence-corrected chi connectivity index (χ1v) is 4.65. The van der Waals surface area contributed by atoms with Gasteiger partial charge in [-0.15, -0.1) is 0 Å². The summed E-state index contributed by atoms with van der Waals surface area (Å²) in [5.74, 6) is 1.01. The molecule has 0 atom stereocenters. The summed E-state index contributed by atoms with van der Waals surface area (Å²) in [5.41, 5.74) is 0. The van der Waals surface area contributed by atoms with E-state index in [2.05, 4.69) is 9.05 Å². The summed E-state index contributed by atoms with van der Waals surface area (Å²) in [7, 11) is -0.682. The van der Waals surface area contributed by atoms with Crippen LogP contribution in [0.5, 0.6) is 0 Å². The summed E-state index contributed by atoms with van der Waals surface area (Å²) in [6, 6.07) is 0. The standard InChI is InChI=1S/C6H14O4P/c1-6(2)5-10-11(7,8-3)9-4/h5H2,1-4H3. The van der Waals surface area contributed by atoms with Crippen molar-refractivity contribution in [1.29, 1.82) is 0 Å². The van der Waals surface area contributed by atoms with Gasteiger partial charge in [-0.2, -0.15) is 0 Å². The molecule has 0 N–H and O–H groups in total. The third-order valence-corrected chi connectivity index (χ3v) is 2.30. The summed E-state index contributed by atoms with van der Waals surface area (Å²) in [6.45, 7) is 4.03. The molecule has 0 bridgehead atoms. The predicted molar refractivity (Wildman–Crippen MR) is 42.2 cm³/mol. The van der Waals surface area contributed by atoms with Gasteiger partial charge >= 0.3 is 7.82 Å². The SMILES string of the molecule is COP(=O)(OC)OC[C](C)C. The van der Waals surface area contributed by atoms with E-state index in [1.165, 1.54) is 14.2 Å². The second-order valence-corrected chi connectivity index (χ2v) is 4.18. The number of phosphoric ester groups is 1. The van der Waals surface area contributed by atoms with E-state index in [1.54, 1.807) is 0 Å². The highest BCUT2D eigenvalue weighted by atomic mass is 31.2. The second kappa shape index (κ2) is 4.88. The summed E-state index contributed by atoms with van der Waals surface area (Å²) in [6.07, 6.45) is 0. The zero-order valence-electron chi connectivity index (χ0n) is 7.29. The van der Waals surface area contributed by atoms with Crippen molar-refractivity contribution in [2.45, 2.75) is 13.8 Å². The van der Waals surface area contributed by atoms with Crippen LogP contribution in [0.15, 0.2) is 0 Å². The maximum atomic E-state index is 11.2. The zero-order valence-corrected chi connectivity index (χ0v) is 8.18. The van der Waals surface area contributed by atoms with Gasteiger partial charge in [0.25, 0.3) is 0 Å². The van der Waals surface area contributed by atoms with E-state index in [0.717, 1.165) is 5.92 Å². The van der Waals surface area contributed by atoms with Gasteiger partial charge < -0.3 is 0 Å². The fourth-order valence-electron chi connectivity index (χ4n) is 0.388. The summed E-state index contributed by atoms with van der Waals surface area (Å²) in [4.78, 5) is 0. The van der Waals surface area contributed by atoms with Gasteiger partial charge in [0.15, 0.2) is 0 Å². The Bertz CT molecular complexity index is 138. The lowest BCUT2D eigenvalue weighted by atomic mass is 10.2. The molecule has 0 aliphatic heterocycles. The fraction of sp³-hybridized carbons (Fsp3) is 0.833. The van der Waals surface area contributed by atoms with Crippen LogP contribution in [0.4, 0.5) is 0 Å². The van der Waals surface area contributed by atoms with Gasteiger partial charge in [0.05, 0.1) is 6.61 Å². The van der Waals surface area contributed by atoms with Crippen molar-refractivity contribution < 1.29 is 18.1 Å². The van der Waals surface area contributed by atoms with Crippen LogP contribution in [-0.4, -0.2) is 20.8 Å². The highest BCUT2D eigenvalue weighted by molar-refractivity contribution is 7.48. The van der Waals surface area contributed by atoms with Gasteiger partial charge in [-0.3, -0.25) is 13.6 Å². The Morgan fingerprint density at radius 1 is 1.27 bits per heavy atom. The number of hydrogen-bond acceptors (Lipinski definition) is 4. The first-order valence-electron chi connectivity index (χ1n) is 3.19. The normalized spacial score (nSPS) is 12.5. The quantitative estimate of drug-likeness (QED) is 0.608. The molecule has 0 saturated heterocycles. The zero-order chi connectivity index (χ0) is 8.91. The van der Waals surface area contributed by atoms with Crippen LogP contribution in [0.25, 0.3) is 0 Å². The Hall–Kier alpha value is 0.110. The first kappa shape index (κ1) is 11.1. The van der Waals surface area contributed by atoms with Crippen molar-refractivity contribution in [2.75, 3.05) is 20.8 Å². The highest BCUT2D eigenvalue weighted by Gasteiger charge is 2.22. The lowest BCUT2D eigenvalue weighted by molar-refractivity contribution is 0.157. The molecule has 0 aromatic rings. The van der Waals surface area contributed by atoms with Crippen LogP contribution in [0.3, 0.4) is 0 Å². The molecule has 5 heteroatoms. The highest BCUT2D eigenvalue weighted by Crippen LogP contribution is 2.47. The van der Waals surface area contributed by atoms with Crippen molar-refractivity contribution in [1.82, 2.24) is 0 Å². The van der Waals surface area contributed by atoms with E-state index in [0.29, 0.717) is 6.61 Å². The van der Waals surface area contributed by atoms with Crippen LogP contribution in [0.2, 0.25) is 0 Å². The number of hydrogen-bond donors (Lipinski definition) is 0. The molecule has 0 saturated carbocycles. The lowest BCUT2D eigenvalue weighted by Crippen LogP contribution is -2.00. The number of rotatable bonds is 5. The Balaban J connectivity index is 3.79. The maximum Gasteiger partial charge on any atom is 0.474 e. The largest absolute Gasteiger partial charge is 0.474 e. The van der Waals surface area contributed by atoms with E-state index < -0.39 is 7.82 Å². The minimum atomic E-state index is -3.26. The van der Waals surface area contributed by atoms with E-state index in [-0.39, 0.29) is 0 Å². The van der Waals surface area contributed by atoms with E-state index in [9.17, 15) is 4.57 Å². The molecule has 0 amide bonds. The molecule has 67 valence electrons. The molecule has 0 aromatic carbocycles. The van der Waals surface area contributed by atoms with E-state index >= 15 is 0 Å². The van der Waals surface area contributed by atoms with Gasteiger partial charge in [0, 0.05) is 14.2 Å². The van der Waals surface area contributed by atoms with Crippen LogP contribution in [0, 0.1) is 5.92 Å². The molecular formula is C6H14O4P. The third-order valence-electron chi connectivity index (χ3n) is 0.959. The average Bonchev–Trinajstić information content (AvgIpc) is 2.00. The van der Waals surface area contributed by atoms with E-state index in [4.69, 9.17) is 4.52 Å². The third kappa shape index (κ3) is 4.53. The molecule has 0 fully saturated rings. The molecule has 0 unspecified atom stereocenters. The summed E-state index contributed by atoms with van der Waals surface area (Å²) < 4.78 is 25.1. The molecule has 0 heterocycles. The first-order chi connectivity index (χ1) is 5.04. The minimum Gasteiger partial charge on any atom is -0.290 e. The monoisotopic (exact) mass is 181 g/mol. The van der Waals surface area contributed by atoms with Crippen LogP contribution >= 0.6 is 7.82 Å². The molecule has 1 radical (unpaired) electrons. The molecule has 11 heavy (non-hydrogen) atoms. The second-order valence-electron chi connectivity index (χ2n) is 2.29. The average molecular weight is 181 g/mol. The van der Waals surface area contributed by atoms with Gasteiger partial charge in [-0.1, -0.05) is 13.8 Å². The molecule has 0 aliphatic carbocycles. The van der Waals surface area contributed by atoms with Crippen molar-refractivity contribution in [2.24, 2.45) is 0 Å². The Labute approximate surface area is 67.5 Å². The predicted octanol–water partition coefficient (Wildman–Crippen LogP) is 2.02. The van der Waals surface area contributed by atoms with Gasteiger partial charge in [0.2, 0.25) is 0 Å². The summed E-state index contributed by atoms with van der Waals surface area (Å²) >= 11 is 0. The van der Waals surface area contributed by atoms with Gasteiger partial charge in [-0.05, 0) is 5.92 Å². The Kier molecular flexibility index (Phi) is 4.93. The Morgan fingerprint density at radius 2 is 1.73 bits per heavy atom. The summed E-state index contributed by atoms with van der Waals surface area (Å²) in [5, 5.41) is 0. The van der Waals surface area contributed by atoms with E-state index in [1.807, 2.05) is 13.8 Å². The van der Waals surface area contributed by atoms with Crippen molar-refractivity contribution in [3.63, 3.8) is 0 Å². The van der Waals surface area contributed by atoms with Crippen molar-refractivity contribution in [3.8, 4) is 0 Å². The molecule has 0 aliphatic rings. The van der Waals surface area contributed by atoms with Crippen LogP contribution in [0.1, 0.15) is 13.8 Å². The molecule has 4 nitrogen and oxygen atoms in total. The molecule has 0 spiro atoms. The smallest absolute Gasteiger partial charge is 0.290 e. The van der Waals surface area contributed by atoms with Crippen LogP contribution in [-0.2, 0) is 18.1 Å². The molecule has 0 rings (SSSR count). The topological polar surface area (TPSA) is 44.8 Å². The van der Waals surface area contributed by atoms with Crippen molar-refractivity contribution >= 4 is 7.82 Å². The molecular weight excluding hydrogens is 167 g/mol. The van der Waals surface area contributed by atoms with Gasteiger partial charge in [-0.25, -0.2) is 4.57 Å². The minimum absolute atomic E-state index is 0.291. The lowest BCUT2D eigenvalue weighted by Gasteiger charge is -2.13. The van der Waals surface area contributed by atoms with Crippen molar-refractivity contribution in [3.05, 3.63) is 5.92 Å². The Morgan fingerprint density at radius 3 is 2.00 bits per heavy atom. The molecule has 0 aromatic heterocycles. The van der Waals surface area contributed by atoms with Crippen LogP contribution < -0.4 is 0 Å². The van der Waals surface area contributed by atoms with Gasteiger partial charge in [0.1, 0.15) is 0 Å². The fourth-order valence-corrected chi connectivity index (χ4v) is 1.16. The number of phosphoric acid groups is 1. The maximum absolute atomic E-state index is 11.2.